The van der Waals surface area contributed by atoms with Crippen LogP contribution >= 0.6 is 0 Å². The van der Waals surface area contributed by atoms with Gasteiger partial charge in [0.15, 0.2) is 0 Å². The molecule has 2 amide bonds. The van der Waals surface area contributed by atoms with Gasteiger partial charge in [-0.05, 0) is 67.6 Å². The van der Waals surface area contributed by atoms with Crippen LogP contribution in [0.1, 0.15) is 43.0 Å². The van der Waals surface area contributed by atoms with E-state index >= 15 is 0 Å². The minimum absolute atomic E-state index is 0.203. The number of rotatable bonds is 11. The van der Waals surface area contributed by atoms with Crippen molar-refractivity contribution in [2.45, 2.75) is 46.8 Å². The number of anilines is 2. The van der Waals surface area contributed by atoms with Crippen LogP contribution < -0.4 is 14.5 Å². The fourth-order valence-corrected chi connectivity index (χ4v) is 5.39. The molecule has 0 spiro atoms. The molecule has 1 unspecified atom stereocenters. The third-order valence-corrected chi connectivity index (χ3v) is 7.76. The van der Waals surface area contributed by atoms with Gasteiger partial charge < -0.3 is 9.80 Å². The molecule has 0 fully saturated rings. The summed E-state index contributed by atoms with van der Waals surface area (Å²) in [6.07, 6.45) is 4.42. The number of carbonyl (C=O) groups excluding carboxylic acids is 2. The molecule has 1 aromatic heterocycles. The molecule has 1 atom stereocenters. The second-order valence-corrected chi connectivity index (χ2v) is 11.3. The van der Waals surface area contributed by atoms with Crippen molar-refractivity contribution in [2.75, 3.05) is 29.9 Å². The van der Waals surface area contributed by atoms with Crippen LogP contribution in [0.4, 0.5) is 11.4 Å². The van der Waals surface area contributed by atoms with Gasteiger partial charge in [0.05, 0.1) is 11.4 Å². The van der Waals surface area contributed by atoms with Gasteiger partial charge in [-0.25, -0.2) is 8.93 Å². The largest absolute Gasteiger partial charge is 0.313 e. The van der Waals surface area contributed by atoms with Gasteiger partial charge in [0.25, 0.3) is 0 Å². The summed E-state index contributed by atoms with van der Waals surface area (Å²) in [7, 11) is 1.73. The maximum atomic E-state index is 13.3. The van der Waals surface area contributed by atoms with E-state index in [4.69, 9.17) is 0 Å². The van der Waals surface area contributed by atoms with E-state index in [0.717, 1.165) is 40.9 Å². The van der Waals surface area contributed by atoms with Gasteiger partial charge in [-0.1, -0.05) is 36.4 Å². The molecule has 1 aliphatic heterocycles. The van der Waals surface area contributed by atoms with Crippen molar-refractivity contribution in [2.24, 2.45) is 5.41 Å². The lowest BCUT2D eigenvalue weighted by Gasteiger charge is -2.27. The molecule has 0 bridgehead atoms. The minimum Gasteiger partial charge on any atom is -0.313 e. The molecule has 10 heteroatoms. The van der Waals surface area contributed by atoms with Crippen LogP contribution in [0.3, 0.4) is 0 Å². The molecular formula is C30H37N5O4S. The molecule has 40 heavy (non-hydrogen) atoms. The molecule has 0 aliphatic carbocycles. The molecule has 9 nitrogen and oxygen atoms in total. The number of pyridine rings is 1. The van der Waals surface area contributed by atoms with Crippen LogP contribution in [-0.2, 0) is 46.9 Å². The van der Waals surface area contributed by atoms with Crippen LogP contribution in [0.2, 0.25) is 0 Å². The van der Waals surface area contributed by atoms with E-state index in [2.05, 4.69) is 20.7 Å². The summed E-state index contributed by atoms with van der Waals surface area (Å²) in [5, 5.41) is 0. The van der Waals surface area contributed by atoms with E-state index in [-0.39, 0.29) is 18.4 Å². The van der Waals surface area contributed by atoms with Crippen molar-refractivity contribution in [1.82, 2.24) is 14.6 Å². The summed E-state index contributed by atoms with van der Waals surface area (Å²) >= 11 is -2.10. The molecule has 212 valence electrons. The Morgan fingerprint density at radius 3 is 2.40 bits per heavy atom. The number of aromatic nitrogens is 1. The maximum absolute atomic E-state index is 13.3. The van der Waals surface area contributed by atoms with Gasteiger partial charge >= 0.3 is 0 Å². The molecule has 0 saturated carbocycles. The van der Waals surface area contributed by atoms with E-state index in [0.29, 0.717) is 25.3 Å². The van der Waals surface area contributed by atoms with Crippen molar-refractivity contribution in [3.63, 3.8) is 0 Å². The fourth-order valence-electron chi connectivity index (χ4n) is 5.12. The third-order valence-electron chi connectivity index (χ3n) is 7.37. The van der Waals surface area contributed by atoms with E-state index in [1.807, 2.05) is 61.7 Å². The lowest BCUT2D eigenvalue weighted by Crippen LogP contribution is -2.47. The van der Waals surface area contributed by atoms with E-state index in [1.165, 1.54) is 0 Å². The summed E-state index contributed by atoms with van der Waals surface area (Å²) in [6, 6.07) is 17.8. The number of hydrogen-bond acceptors (Lipinski definition) is 5. The molecule has 2 heterocycles. The van der Waals surface area contributed by atoms with Crippen molar-refractivity contribution in [3.05, 3.63) is 89.2 Å². The lowest BCUT2D eigenvalue weighted by molar-refractivity contribution is -0.137. The van der Waals surface area contributed by atoms with Crippen molar-refractivity contribution in [3.8, 4) is 0 Å². The standard InChI is InChI=1S/C30H37N5O4S/c1-5-35-26-13-12-23(17-27(26)33(4)28(36)30(2,3)29(35)37)20-34(16-14-22-9-8-15-31-18-22)21-25-11-7-6-10-24(25)19-32-40(38)39/h6-13,15,17-18,32H,5,14,16,19-21H2,1-4H3,(H,38,39). The van der Waals surface area contributed by atoms with Crippen LogP contribution in [0.5, 0.6) is 0 Å². The van der Waals surface area contributed by atoms with Gasteiger partial charge in [0.2, 0.25) is 23.1 Å². The number of benzene rings is 2. The molecule has 2 N–H and O–H groups in total. The van der Waals surface area contributed by atoms with E-state index in [1.54, 1.807) is 36.9 Å². The van der Waals surface area contributed by atoms with Crippen LogP contribution in [0.25, 0.3) is 0 Å². The first-order chi connectivity index (χ1) is 19.1. The highest BCUT2D eigenvalue weighted by atomic mass is 32.2. The summed E-state index contributed by atoms with van der Waals surface area (Å²) < 4.78 is 23.0. The van der Waals surface area contributed by atoms with Gasteiger partial charge in [-0.2, -0.15) is 0 Å². The number of nitrogens with one attached hydrogen (secondary N) is 1. The monoisotopic (exact) mass is 563 g/mol. The Hall–Kier alpha value is -3.44. The van der Waals surface area contributed by atoms with Crippen molar-refractivity contribution in [1.29, 1.82) is 0 Å². The average molecular weight is 564 g/mol. The normalized spacial score (nSPS) is 15.8. The summed E-state index contributed by atoms with van der Waals surface area (Å²) in [6.45, 7) is 8.00. The SMILES string of the molecule is CCN1C(=O)C(C)(C)C(=O)N(C)c2cc(CN(CCc3cccnc3)Cc3ccccc3CNS(=O)O)ccc21. The third kappa shape index (κ3) is 6.64. The molecule has 4 rings (SSSR count). The Labute approximate surface area is 238 Å². The smallest absolute Gasteiger partial charge is 0.242 e. The number of carbonyl (C=O) groups is 2. The summed E-state index contributed by atoms with van der Waals surface area (Å²) in [5.74, 6) is -0.437. The molecule has 0 radical (unpaired) electrons. The number of amides is 2. The average Bonchev–Trinajstić information content (AvgIpc) is 3.00. The van der Waals surface area contributed by atoms with Crippen molar-refractivity contribution < 1.29 is 18.4 Å². The highest BCUT2D eigenvalue weighted by Crippen LogP contribution is 2.39. The zero-order valence-corrected chi connectivity index (χ0v) is 24.3. The highest BCUT2D eigenvalue weighted by molar-refractivity contribution is 7.77. The van der Waals surface area contributed by atoms with Crippen LogP contribution in [-0.4, -0.2) is 50.6 Å². The minimum atomic E-state index is -2.10. The Bertz CT molecular complexity index is 1380. The molecular weight excluding hydrogens is 526 g/mol. The second-order valence-electron chi connectivity index (χ2n) is 10.5. The van der Waals surface area contributed by atoms with Crippen LogP contribution in [0.15, 0.2) is 67.0 Å². The Morgan fingerprint density at radius 1 is 0.975 bits per heavy atom. The van der Waals surface area contributed by atoms with Crippen LogP contribution in [0, 0.1) is 5.41 Å². The lowest BCUT2D eigenvalue weighted by atomic mass is 9.90. The quantitative estimate of drug-likeness (QED) is 0.271. The molecule has 0 saturated heterocycles. The topological polar surface area (TPSA) is 106 Å². The molecule has 3 aromatic rings. The summed E-state index contributed by atoms with van der Waals surface area (Å²) in [5.41, 5.74) is 4.43. The molecule has 1 aliphatic rings. The van der Waals surface area contributed by atoms with Gasteiger partial charge in [-0.3, -0.25) is 24.0 Å². The molecule has 2 aromatic carbocycles. The van der Waals surface area contributed by atoms with E-state index < -0.39 is 16.7 Å². The van der Waals surface area contributed by atoms with Gasteiger partial charge in [0.1, 0.15) is 5.41 Å². The first kappa shape index (κ1) is 29.5. The highest BCUT2D eigenvalue weighted by Gasteiger charge is 2.45. The first-order valence-corrected chi connectivity index (χ1v) is 14.5. The Morgan fingerprint density at radius 2 is 1.73 bits per heavy atom. The Balaban J connectivity index is 1.65. The number of fused-ring (bicyclic) bond motifs is 1. The predicted octanol–water partition coefficient (Wildman–Crippen LogP) is 3.91. The fraction of sp³-hybridized carbons (Fsp3) is 0.367. The maximum Gasteiger partial charge on any atom is 0.242 e. The zero-order valence-electron chi connectivity index (χ0n) is 23.5. The van der Waals surface area contributed by atoms with Gasteiger partial charge in [0, 0.05) is 52.2 Å². The zero-order chi connectivity index (χ0) is 28.9. The van der Waals surface area contributed by atoms with E-state index in [9.17, 15) is 18.4 Å². The number of nitrogens with zero attached hydrogens (tertiary/aromatic N) is 4. The predicted molar refractivity (Wildman–Crippen MR) is 158 cm³/mol. The first-order valence-electron chi connectivity index (χ1n) is 13.4. The van der Waals surface area contributed by atoms with Crippen molar-refractivity contribution >= 4 is 34.5 Å². The Kier molecular flexibility index (Phi) is 9.47. The second kappa shape index (κ2) is 12.8. The van der Waals surface area contributed by atoms with Gasteiger partial charge in [-0.15, -0.1) is 0 Å². The summed E-state index contributed by atoms with van der Waals surface area (Å²) in [4.78, 5) is 36.4. The number of hydrogen-bond donors (Lipinski definition) is 2.